The maximum atomic E-state index is 5.46. The Morgan fingerprint density at radius 1 is 1.21 bits per heavy atom. The number of imidazole rings is 1. The zero-order valence-electron chi connectivity index (χ0n) is 7.90. The number of nitrogens with zero attached hydrogens (tertiary/aromatic N) is 1. The van der Waals surface area contributed by atoms with Crippen molar-refractivity contribution < 1.29 is 0 Å². The first-order chi connectivity index (χ1) is 6.90. The van der Waals surface area contributed by atoms with Gasteiger partial charge in [-0.2, -0.15) is 0 Å². The first-order valence-corrected chi connectivity index (χ1v) is 4.69. The minimum Gasteiger partial charge on any atom is -0.342 e. The lowest BCUT2D eigenvalue weighted by Gasteiger charge is -1.95. The molecule has 0 bridgehead atoms. The molecule has 0 amide bonds. The van der Waals surface area contributed by atoms with Crippen molar-refractivity contribution >= 4 is 0 Å². The summed E-state index contributed by atoms with van der Waals surface area (Å²) >= 11 is 0. The van der Waals surface area contributed by atoms with Crippen LogP contribution in [0, 0.1) is 0 Å². The predicted octanol–water partition coefficient (Wildman–Crippen LogP) is 1.58. The van der Waals surface area contributed by atoms with E-state index in [0.29, 0.717) is 6.54 Å². The van der Waals surface area contributed by atoms with E-state index in [1.54, 1.807) is 0 Å². The van der Waals surface area contributed by atoms with E-state index in [0.717, 1.165) is 23.5 Å². The maximum absolute atomic E-state index is 5.46. The molecule has 0 aliphatic rings. The SMILES string of the molecule is NCCc1cnc(-c2ccccc2)[nH]1. The van der Waals surface area contributed by atoms with Gasteiger partial charge in [0, 0.05) is 23.9 Å². The largest absolute Gasteiger partial charge is 0.342 e. The molecule has 2 rings (SSSR count). The Labute approximate surface area is 83.0 Å². The van der Waals surface area contributed by atoms with Gasteiger partial charge in [0.05, 0.1) is 0 Å². The minimum absolute atomic E-state index is 0.649. The topological polar surface area (TPSA) is 54.7 Å². The van der Waals surface area contributed by atoms with Crippen LogP contribution in [0.2, 0.25) is 0 Å². The molecule has 14 heavy (non-hydrogen) atoms. The summed E-state index contributed by atoms with van der Waals surface area (Å²) in [6, 6.07) is 10.1. The van der Waals surface area contributed by atoms with Gasteiger partial charge in [-0.25, -0.2) is 4.98 Å². The Kier molecular flexibility index (Phi) is 2.60. The van der Waals surface area contributed by atoms with Crippen LogP contribution in [-0.4, -0.2) is 16.5 Å². The van der Waals surface area contributed by atoms with Crippen LogP contribution in [0.15, 0.2) is 36.5 Å². The number of nitrogens with one attached hydrogen (secondary N) is 1. The molecule has 1 aromatic heterocycles. The van der Waals surface area contributed by atoms with Crippen molar-refractivity contribution in [3.63, 3.8) is 0 Å². The average Bonchev–Trinajstić information content (AvgIpc) is 2.68. The summed E-state index contributed by atoms with van der Waals surface area (Å²) in [5.74, 6) is 0.911. The van der Waals surface area contributed by atoms with Crippen molar-refractivity contribution in [3.8, 4) is 11.4 Å². The summed E-state index contributed by atoms with van der Waals surface area (Å²) in [4.78, 5) is 7.53. The Hall–Kier alpha value is -1.61. The molecule has 3 nitrogen and oxygen atoms in total. The van der Waals surface area contributed by atoms with Gasteiger partial charge in [0.1, 0.15) is 5.82 Å². The van der Waals surface area contributed by atoms with Crippen LogP contribution in [0.4, 0.5) is 0 Å². The van der Waals surface area contributed by atoms with Crippen molar-refractivity contribution in [1.29, 1.82) is 0 Å². The molecule has 72 valence electrons. The quantitative estimate of drug-likeness (QED) is 0.766. The molecule has 1 heterocycles. The number of hydrogen-bond acceptors (Lipinski definition) is 2. The maximum Gasteiger partial charge on any atom is 0.137 e. The number of benzene rings is 1. The van der Waals surface area contributed by atoms with Gasteiger partial charge in [-0.3, -0.25) is 0 Å². The second-order valence-electron chi connectivity index (χ2n) is 3.16. The van der Waals surface area contributed by atoms with Gasteiger partial charge in [0.2, 0.25) is 0 Å². The zero-order valence-corrected chi connectivity index (χ0v) is 7.90. The summed E-state index contributed by atoms with van der Waals surface area (Å²) in [5, 5.41) is 0. The Balaban J connectivity index is 2.25. The molecule has 0 radical (unpaired) electrons. The Morgan fingerprint density at radius 3 is 2.71 bits per heavy atom. The summed E-state index contributed by atoms with van der Waals surface area (Å²) in [7, 11) is 0. The monoisotopic (exact) mass is 187 g/mol. The van der Waals surface area contributed by atoms with Crippen LogP contribution in [0.25, 0.3) is 11.4 Å². The third-order valence-corrected chi connectivity index (χ3v) is 2.09. The average molecular weight is 187 g/mol. The van der Waals surface area contributed by atoms with Crippen molar-refractivity contribution in [1.82, 2.24) is 9.97 Å². The second-order valence-corrected chi connectivity index (χ2v) is 3.16. The number of H-pyrrole nitrogens is 1. The van der Waals surface area contributed by atoms with Gasteiger partial charge in [-0.15, -0.1) is 0 Å². The van der Waals surface area contributed by atoms with E-state index >= 15 is 0 Å². The molecular formula is C11H13N3. The van der Waals surface area contributed by atoms with Crippen molar-refractivity contribution in [2.75, 3.05) is 6.54 Å². The molecule has 0 aliphatic carbocycles. The lowest BCUT2D eigenvalue weighted by atomic mass is 10.2. The van der Waals surface area contributed by atoms with E-state index in [4.69, 9.17) is 5.73 Å². The van der Waals surface area contributed by atoms with Crippen LogP contribution in [0.3, 0.4) is 0 Å². The van der Waals surface area contributed by atoms with Crippen LogP contribution in [0.1, 0.15) is 5.69 Å². The fourth-order valence-electron chi connectivity index (χ4n) is 1.38. The third-order valence-electron chi connectivity index (χ3n) is 2.09. The van der Waals surface area contributed by atoms with Crippen LogP contribution in [-0.2, 0) is 6.42 Å². The lowest BCUT2D eigenvalue weighted by Crippen LogP contribution is -2.02. The molecule has 2 aromatic rings. The third kappa shape index (κ3) is 1.83. The molecule has 0 spiro atoms. The van der Waals surface area contributed by atoms with Crippen molar-refractivity contribution in [3.05, 3.63) is 42.2 Å². The molecule has 1 aromatic carbocycles. The second kappa shape index (κ2) is 4.07. The van der Waals surface area contributed by atoms with Crippen LogP contribution < -0.4 is 5.73 Å². The molecule has 0 saturated heterocycles. The molecule has 3 heteroatoms. The number of nitrogens with two attached hydrogens (primary N) is 1. The molecule has 0 saturated carbocycles. The Morgan fingerprint density at radius 2 is 2.00 bits per heavy atom. The van der Waals surface area contributed by atoms with E-state index in [1.807, 2.05) is 36.5 Å². The highest BCUT2D eigenvalue weighted by molar-refractivity contribution is 5.54. The molecule has 3 N–H and O–H groups in total. The Bertz CT molecular complexity index is 392. The first kappa shape index (κ1) is 8.97. The van der Waals surface area contributed by atoms with Gasteiger partial charge in [-0.1, -0.05) is 30.3 Å². The van der Waals surface area contributed by atoms with Crippen molar-refractivity contribution in [2.24, 2.45) is 5.73 Å². The van der Waals surface area contributed by atoms with E-state index in [-0.39, 0.29) is 0 Å². The van der Waals surface area contributed by atoms with Gasteiger partial charge in [0.25, 0.3) is 0 Å². The van der Waals surface area contributed by atoms with E-state index in [2.05, 4.69) is 9.97 Å². The summed E-state index contributed by atoms with van der Waals surface area (Å²) in [6.07, 6.45) is 2.69. The van der Waals surface area contributed by atoms with Gasteiger partial charge in [0.15, 0.2) is 0 Å². The molecule has 0 unspecified atom stereocenters. The van der Waals surface area contributed by atoms with Gasteiger partial charge < -0.3 is 10.7 Å². The van der Waals surface area contributed by atoms with Crippen LogP contribution in [0.5, 0.6) is 0 Å². The zero-order chi connectivity index (χ0) is 9.80. The van der Waals surface area contributed by atoms with E-state index in [9.17, 15) is 0 Å². The standard InChI is InChI=1S/C11H13N3/c12-7-6-10-8-13-11(14-10)9-4-2-1-3-5-9/h1-5,8H,6-7,12H2,(H,13,14). The normalized spacial score (nSPS) is 10.4. The van der Waals surface area contributed by atoms with Gasteiger partial charge >= 0.3 is 0 Å². The summed E-state index contributed by atoms with van der Waals surface area (Å²) in [6.45, 7) is 0.649. The lowest BCUT2D eigenvalue weighted by molar-refractivity contribution is 0.936. The molecule has 0 fully saturated rings. The predicted molar refractivity (Wildman–Crippen MR) is 56.8 cm³/mol. The number of hydrogen-bond donors (Lipinski definition) is 2. The molecule has 0 atom stereocenters. The van der Waals surface area contributed by atoms with Crippen LogP contribution >= 0.6 is 0 Å². The minimum atomic E-state index is 0.649. The highest BCUT2D eigenvalue weighted by Crippen LogP contribution is 2.14. The van der Waals surface area contributed by atoms with Gasteiger partial charge in [-0.05, 0) is 6.54 Å². The fourth-order valence-corrected chi connectivity index (χ4v) is 1.38. The first-order valence-electron chi connectivity index (χ1n) is 4.69. The van der Waals surface area contributed by atoms with E-state index in [1.165, 1.54) is 0 Å². The molecule has 0 aliphatic heterocycles. The number of rotatable bonds is 3. The fraction of sp³-hybridized carbons (Fsp3) is 0.182. The number of aromatic amines is 1. The smallest absolute Gasteiger partial charge is 0.137 e. The highest BCUT2D eigenvalue weighted by atomic mass is 14.9. The molecular weight excluding hydrogens is 174 g/mol. The van der Waals surface area contributed by atoms with E-state index < -0.39 is 0 Å². The highest BCUT2D eigenvalue weighted by Gasteiger charge is 2.01. The summed E-state index contributed by atoms with van der Waals surface area (Å²) in [5.41, 5.74) is 7.66. The summed E-state index contributed by atoms with van der Waals surface area (Å²) < 4.78 is 0. The van der Waals surface area contributed by atoms with Crippen molar-refractivity contribution in [2.45, 2.75) is 6.42 Å². The number of aromatic nitrogens is 2.